The molecule has 0 aromatic heterocycles. The third kappa shape index (κ3) is 8.59. The fourth-order valence-corrected chi connectivity index (χ4v) is 4.76. The van der Waals surface area contributed by atoms with Crippen LogP contribution in [-0.4, -0.2) is 34.0 Å². The maximum atomic E-state index is 13.7. The van der Waals surface area contributed by atoms with Crippen LogP contribution in [0.4, 0.5) is 0 Å². The van der Waals surface area contributed by atoms with Crippen molar-refractivity contribution in [1.82, 2.24) is 10.2 Å². The summed E-state index contributed by atoms with van der Waals surface area (Å²) in [5.41, 5.74) is 2.80. The molecule has 3 aromatic carbocycles. The van der Waals surface area contributed by atoms with Gasteiger partial charge in [0.2, 0.25) is 11.8 Å². The highest BCUT2D eigenvalue weighted by atomic mass is 32.2. The summed E-state index contributed by atoms with van der Waals surface area (Å²) in [6.45, 7) is 8.35. The van der Waals surface area contributed by atoms with Crippen molar-refractivity contribution in [2.24, 2.45) is 0 Å². The molecule has 0 fully saturated rings. The molecule has 0 radical (unpaired) electrons. The van der Waals surface area contributed by atoms with E-state index in [-0.39, 0.29) is 11.8 Å². The topological polar surface area (TPSA) is 49.4 Å². The van der Waals surface area contributed by atoms with E-state index in [1.807, 2.05) is 100 Å². The number of nitrogens with one attached hydrogen (secondary N) is 1. The molecule has 3 rings (SSSR count). The van der Waals surface area contributed by atoms with Crippen LogP contribution in [0.2, 0.25) is 0 Å². The number of carbonyl (C=O) groups is 2. The van der Waals surface area contributed by atoms with Gasteiger partial charge in [0.25, 0.3) is 0 Å². The first-order valence-corrected chi connectivity index (χ1v) is 13.1. The minimum absolute atomic E-state index is 0.0123. The monoisotopic (exact) mass is 488 g/mol. The Balaban J connectivity index is 1.88. The van der Waals surface area contributed by atoms with Crippen molar-refractivity contribution in [2.45, 2.75) is 63.6 Å². The Morgan fingerprint density at radius 2 is 1.49 bits per heavy atom. The first kappa shape index (κ1) is 26.6. The van der Waals surface area contributed by atoms with E-state index >= 15 is 0 Å². The van der Waals surface area contributed by atoms with E-state index in [4.69, 9.17) is 0 Å². The number of amides is 2. The Morgan fingerprint density at radius 3 is 2.11 bits per heavy atom. The predicted octanol–water partition coefficient (Wildman–Crippen LogP) is 6.03. The number of hydrogen-bond acceptors (Lipinski definition) is 3. The van der Waals surface area contributed by atoms with Gasteiger partial charge in [-0.2, -0.15) is 0 Å². The molecule has 0 unspecified atom stereocenters. The molecule has 1 N–H and O–H groups in total. The molecule has 0 bridgehead atoms. The van der Waals surface area contributed by atoms with Crippen molar-refractivity contribution in [3.63, 3.8) is 0 Å². The van der Waals surface area contributed by atoms with Crippen molar-refractivity contribution in [1.29, 1.82) is 0 Å². The van der Waals surface area contributed by atoms with Crippen molar-refractivity contribution in [2.75, 3.05) is 5.75 Å². The number of carbonyl (C=O) groups excluding carboxylic acids is 2. The van der Waals surface area contributed by atoms with Gasteiger partial charge in [-0.1, -0.05) is 72.8 Å². The Kier molecular flexibility index (Phi) is 9.55. The molecule has 3 aromatic rings. The second-order valence-electron chi connectivity index (χ2n) is 9.80. The van der Waals surface area contributed by atoms with Crippen LogP contribution in [0.1, 0.15) is 43.9 Å². The van der Waals surface area contributed by atoms with Gasteiger partial charge in [-0.15, -0.1) is 11.8 Å². The summed E-state index contributed by atoms with van der Waals surface area (Å²) in [5, 5.41) is 3.12. The molecule has 2 amide bonds. The lowest BCUT2D eigenvalue weighted by Gasteiger charge is -2.34. The summed E-state index contributed by atoms with van der Waals surface area (Å²) >= 11 is 1.66. The van der Waals surface area contributed by atoms with E-state index < -0.39 is 11.6 Å². The molecule has 0 heterocycles. The van der Waals surface area contributed by atoms with Crippen LogP contribution >= 0.6 is 11.8 Å². The van der Waals surface area contributed by atoms with Gasteiger partial charge < -0.3 is 10.2 Å². The van der Waals surface area contributed by atoms with Crippen LogP contribution < -0.4 is 5.32 Å². The fraction of sp³-hybridized carbons (Fsp3) is 0.333. The number of thioether (sulfide) groups is 1. The first-order chi connectivity index (χ1) is 16.7. The highest BCUT2D eigenvalue weighted by Gasteiger charge is 2.32. The van der Waals surface area contributed by atoms with Gasteiger partial charge in [-0.05, 0) is 56.5 Å². The maximum absolute atomic E-state index is 13.7. The van der Waals surface area contributed by atoms with Gasteiger partial charge in [0.05, 0.1) is 0 Å². The average molecular weight is 489 g/mol. The van der Waals surface area contributed by atoms with Crippen molar-refractivity contribution in [3.05, 3.63) is 102 Å². The fourth-order valence-electron chi connectivity index (χ4n) is 3.89. The van der Waals surface area contributed by atoms with Crippen molar-refractivity contribution in [3.8, 4) is 0 Å². The summed E-state index contributed by atoms with van der Waals surface area (Å²) in [6, 6.07) is 27.5. The summed E-state index contributed by atoms with van der Waals surface area (Å²) < 4.78 is 0. The minimum Gasteiger partial charge on any atom is -0.350 e. The summed E-state index contributed by atoms with van der Waals surface area (Å²) in [4.78, 5) is 30.2. The van der Waals surface area contributed by atoms with Crippen LogP contribution in [-0.2, 0) is 22.6 Å². The molecule has 0 spiro atoms. The van der Waals surface area contributed by atoms with Crippen LogP contribution in [0.15, 0.2) is 89.8 Å². The molecule has 5 heteroatoms. The maximum Gasteiger partial charge on any atom is 0.243 e. The smallest absolute Gasteiger partial charge is 0.243 e. The van der Waals surface area contributed by atoms with Crippen molar-refractivity contribution < 1.29 is 9.59 Å². The van der Waals surface area contributed by atoms with Crippen LogP contribution in [0.5, 0.6) is 0 Å². The third-order valence-corrected chi connectivity index (χ3v) is 6.71. The summed E-state index contributed by atoms with van der Waals surface area (Å²) in [6.07, 6.45) is 0.825. The molecule has 0 aliphatic heterocycles. The molecule has 0 saturated carbocycles. The molecule has 1 atom stereocenters. The van der Waals surface area contributed by atoms with E-state index in [0.29, 0.717) is 25.1 Å². The molecule has 0 saturated heterocycles. The number of rotatable bonds is 10. The SMILES string of the molecule is Cc1ccccc1CN(C(=O)CCSc1ccccc1)[C@@H](Cc1ccccc1)C(=O)NC(C)(C)C. The van der Waals surface area contributed by atoms with E-state index in [1.54, 1.807) is 16.7 Å². The number of hydrogen-bond donors (Lipinski definition) is 1. The lowest BCUT2D eigenvalue weighted by Crippen LogP contribution is -2.54. The molecule has 35 heavy (non-hydrogen) atoms. The molecule has 184 valence electrons. The lowest BCUT2D eigenvalue weighted by molar-refractivity contribution is -0.141. The highest BCUT2D eigenvalue weighted by molar-refractivity contribution is 7.99. The molecule has 0 aliphatic rings. The van der Waals surface area contributed by atoms with Gasteiger partial charge in [-0.25, -0.2) is 0 Å². The Bertz CT molecular complexity index is 1090. The number of aryl methyl sites for hydroxylation is 1. The van der Waals surface area contributed by atoms with Gasteiger partial charge in [-0.3, -0.25) is 9.59 Å². The van der Waals surface area contributed by atoms with Gasteiger partial charge >= 0.3 is 0 Å². The zero-order chi connectivity index (χ0) is 25.3. The molecule has 0 aliphatic carbocycles. The molecule has 4 nitrogen and oxygen atoms in total. The van der Waals surface area contributed by atoms with Gasteiger partial charge in [0.15, 0.2) is 0 Å². The summed E-state index contributed by atoms with van der Waals surface area (Å²) in [7, 11) is 0. The van der Waals surface area contributed by atoms with Crippen LogP contribution in [0.25, 0.3) is 0 Å². The second kappa shape index (κ2) is 12.6. The Hall–Kier alpha value is -3.05. The quantitative estimate of drug-likeness (QED) is 0.354. The molecular weight excluding hydrogens is 452 g/mol. The average Bonchev–Trinajstić information content (AvgIpc) is 2.82. The lowest BCUT2D eigenvalue weighted by atomic mass is 9.99. The van der Waals surface area contributed by atoms with Crippen molar-refractivity contribution >= 4 is 23.6 Å². The van der Waals surface area contributed by atoms with Gasteiger partial charge in [0, 0.05) is 35.6 Å². The standard InChI is InChI=1S/C30H36N2O2S/c1-23-13-11-12-16-25(23)22-32(28(33)19-20-35-26-17-9-6-10-18-26)27(29(34)31-30(2,3)4)21-24-14-7-5-8-15-24/h5-18,27H,19-22H2,1-4H3,(H,31,34)/t27-/m0/s1. The minimum atomic E-state index is -0.606. The van der Waals surface area contributed by atoms with Crippen LogP contribution in [0.3, 0.4) is 0 Å². The predicted molar refractivity (Wildman–Crippen MR) is 145 cm³/mol. The second-order valence-corrected chi connectivity index (χ2v) is 11.0. The first-order valence-electron chi connectivity index (χ1n) is 12.1. The molecular formula is C30H36N2O2S. The number of nitrogens with zero attached hydrogens (tertiary/aromatic N) is 1. The highest BCUT2D eigenvalue weighted by Crippen LogP contribution is 2.22. The summed E-state index contributed by atoms with van der Waals surface area (Å²) in [5.74, 6) is 0.521. The van der Waals surface area contributed by atoms with Gasteiger partial charge in [0.1, 0.15) is 6.04 Å². The third-order valence-electron chi connectivity index (χ3n) is 5.70. The normalized spacial score (nSPS) is 12.1. The van der Waals surface area contributed by atoms with E-state index in [9.17, 15) is 9.59 Å². The van der Waals surface area contributed by atoms with E-state index in [1.165, 1.54) is 0 Å². The zero-order valence-electron chi connectivity index (χ0n) is 21.2. The largest absolute Gasteiger partial charge is 0.350 e. The number of benzene rings is 3. The van der Waals surface area contributed by atoms with Crippen LogP contribution in [0, 0.1) is 6.92 Å². The van der Waals surface area contributed by atoms with E-state index in [0.717, 1.165) is 21.6 Å². The Labute approximate surface area is 214 Å². The Morgan fingerprint density at radius 1 is 0.886 bits per heavy atom. The van der Waals surface area contributed by atoms with E-state index in [2.05, 4.69) is 17.4 Å². The zero-order valence-corrected chi connectivity index (χ0v) is 22.0.